The summed E-state index contributed by atoms with van der Waals surface area (Å²) in [5, 5.41) is 8.35. The molecule has 0 radical (unpaired) electrons. The van der Waals surface area contributed by atoms with Crippen molar-refractivity contribution in [2.45, 2.75) is 31.1 Å². The first-order valence-corrected chi connectivity index (χ1v) is 6.38. The van der Waals surface area contributed by atoms with E-state index in [0.717, 1.165) is 12.8 Å². The molecule has 5 nitrogen and oxygen atoms in total. The minimum atomic E-state index is -4.08. The van der Waals surface area contributed by atoms with Crippen molar-refractivity contribution in [3.05, 3.63) is 23.8 Å². The molecular weight excluding hydrogens is 230 g/mol. The lowest BCUT2D eigenvalue weighted by Crippen LogP contribution is -2.07. The van der Waals surface area contributed by atoms with Gasteiger partial charge in [-0.3, -0.25) is 0 Å². The average molecular weight is 245 g/mol. The highest BCUT2D eigenvalue weighted by atomic mass is 32.2. The molecule has 16 heavy (non-hydrogen) atoms. The summed E-state index contributed by atoms with van der Waals surface area (Å²) in [5.74, 6) is 0. The first-order valence-electron chi connectivity index (χ1n) is 4.97. The lowest BCUT2D eigenvalue weighted by atomic mass is 10.1. The van der Waals surface area contributed by atoms with E-state index in [4.69, 9.17) is 11.0 Å². The number of nitrogens with two attached hydrogens (primary N) is 1. The predicted molar refractivity (Wildman–Crippen MR) is 60.4 cm³/mol. The van der Waals surface area contributed by atoms with Crippen molar-refractivity contribution < 1.29 is 18.0 Å². The van der Waals surface area contributed by atoms with Gasteiger partial charge in [0.1, 0.15) is 0 Å². The van der Waals surface area contributed by atoms with Gasteiger partial charge in [-0.2, -0.15) is 8.42 Å². The Labute approximate surface area is 94.9 Å². The van der Waals surface area contributed by atoms with Crippen LogP contribution >= 0.6 is 0 Å². The SMILES string of the molecule is CCCCc1cc(N)ccc1S(=O)(=O)OO. The largest absolute Gasteiger partial charge is 0.399 e. The van der Waals surface area contributed by atoms with Crippen molar-refractivity contribution in [1.29, 1.82) is 0 Å². The minimum absolute atomic E-state index is 0.0300. The number of aryl methyl sites for hydroxylation is 1. The summed E-state index contributed by atoms with van der Waals surface area (Å²) in [6.45, 7) is 2.00. The Morgan fingerprint density at radius 2 is 2.12 bits per heavy atom. The van der Waals surface area contributed by atoms with Gasteiger partial charge in [0.15, 0.2) is 0 Å². The van der Waals surface area contributed by atoms with Crippen molar-refractivity contribution in [1.82, 2.24) is 0 Å². The second kappa shape index (κ2) is 5.29. The molecule has 0 saturated heterocycles. The molecule has 0 heterocycles. The van der Waals surface area contributed by atoms with E-state index in [-0.39, 0.29) is 4.90 Å². The zero-order valence-electron chi connectivity index (χ0n) is 9.01. The second-order valence-corrected chi connectivity index (χ2v) is 5.00. The van der Waals surface area contributed by atoms with Crippen LogP contribution in [0.25, 0.3) is 0 Å². The van der Waals surface area contributed by atoms with Gasteiger partial charge in [0.2, 0.25) is 0 Å². The van der Waals surface area contributed by atoms with E-state index in [0.29, 0.717) is 17.7 Å². The molecule has 0 bridgehead atoms. The predicted octanol–water partition coefficient (Wildman–Crippen LogP) is 1.79. The molecule has 0 aromatic heterocycles. The smallest absolute Gasteiger partial charge is 0.323 e. The highest BCUT2D eigenvalue weighted by molar-refractivity contribution is 7.86. The topological polar surface area (TPSA) is 89.6 Å². The van der Waals surface area contributed by atoms with E-state index in [2.05, 4.69) is 4.33 Å². The summed E-state index contributed by atoms with van der Waals surface area (Å²) in [4.78, 5) is -0.0300. The van der Waals surface area contributed by atoms with Gasteiger partial charge in [0.25, 0.3) is 0 Å². The van der Waals surface area contributed by atoms with Gasteiger partial charge in [0.05, 0.1) is 4.90 Å². The average Bonchev–Trinajstić information content (AvgIpc) is 2.26. The third kappa shape index (κ3) is 2.94. The first kappa shape index (κ1) is 13.0. The van der Waals surface area contributed by atoms with Crippen molar-refractivity contribution in [3.63, 3.8) is 0 Å². The Bertz CT molecular complexity index is 456. The number of benzene rings is 1. The maximum atomic E-state index is 11.4. The third-order valence-corrected chi connectivity index (χ3v) is 3.38. The highest BCUT2D eigenvalue weighted by Gasteiger charge is 2.19. The summed E-state index contributed by atoms with van der Waals surface area (Å²) in [6.07, 6.45) is 2.37. The third-order valence-electron chi connectivity index (χ3n) is 2.25. The fourth-order valence-corrected chi connectivity index (χ4v) is 2.24. The quantitative estimate of drug-likeness (QED) is 0.469. The molecule has 6 heteroatoms. The number of hydrogen-bond acceptors (Lipinski definition) is 5. The molecule has 0 aliphatic rings. The van der Waals surface area contributed by atoms with Crippen LogP contribution in [-0.2, 0) is 20.9 Å². The maximum absolute atomic E-state index is 11.4. The summed E-state index contributed by atoms with van der Waals surface area (Å²) in [5.41, 5.74) is 6.64. The van der Waals surface area contributed by atoms with Crippen molar-refractivity contribution in [2.24, 2.45) is 0 Å². The first-order chi connectivity index (χ1) is 7.51. The maximum Gasteiger partial charge on any atom is 0.323 e. The van der Waals surface area contributed by atoms with Gasteiger partial charge < -0.3 is 5.73 Å². The molecule has 0 aliphatic heterocycles. The number of anilines is 1. The monoisotopic (exact) mass is 245 g/mol. The Morgan fingerprint density at radius 1 is 1.44 bits per heavy atom. The molecule has 3 N–H and O–H groups in total. The zero-order valence-corrected chi connectivity index (χ0v) is 9.83. The standard InChI is InChI=1S/C10H15NO4S/c1-2-3-4-8-7-9(11)5-6-10(8)16(13,14)15-12/h5-7,12H,2-4,11H2,1H3. The fourth-order valence-electron chi connectivity index (χ4n) is 1.45. The van der Waals surface area contributed by atoms with E-state index < -0.39 is 10.1 Å². The van der Waals surface area contributed by atoms with Crippen LogP contribution in [0, 0.1) is 0 Å². The molecule has 0 atom stereocenters. The molecular formula is C10H15NO4S. The van der Waals surface area contributed by atoms with Gasteiger partial charge in [-0.15, -0.1) is 4.33 Å². The number of unbranched alkanes of at least 4 members (excludes halogenated alkanes) is 1. The van der Waals surface area contributed by atoms with Gasteiger partial charge in [-0.1, -0.05) is 13.3 Å². The molecule has 0 aliphatic carbocycles. The zero-order chi connectivity index (χ0) is 12.2. The molecule has 90 valence electrons. The van der Waals surface area contributed by atoms with E-state index in [1.54, 1.807) is 6.07 Å². The summed E-state index contributed by atoms with van der Waals surface area (Å²) in [6, 6.07) is 4.38. The molecule has 0 saturated carbocycles. The van der Waals surface area contributed by atoms with Gasteiger partial charge >= 0.3 is 10.1 Å². The molecule has 0 amide bonds. The molecule has 0 fully saturated rings. The van der Waals surface area contributed by atoms with E-state index >= 15 is 0 Å². The van der Waals surface area contributed by atoms with Crippen LogP contribution in [0.2, 0.25) is 0 Å². The number of rotatable bonds is 5. The van der Waals surface area contributed by atoms with Crippen LogP contribution in [0.3, 0.4) is 0 Å². The normalized spacial score (nSPS) is 11.6. The lowest BCUT2D eigenvalue weighted by Gasteiger charge is -2.08. The van der Waals surface area contributed by atoms with Crippen molar-refractivity contribution in [3.8, 4) is 0 Å². The van der Waals surface area contributed by atoms with Crippen molar-refractivity contribution in [2.75, 3.05) is 5.73 Å². The highest BCUT2D eigenvalue weighted by Crippen LogP contribution is 2.22. The van der Waals surface area contributed by atoms with Crippen LogP contribution in [0.5, 0.6) is 0 Å². The van der Waals surface area contributed by atoms with E-state index in [1.807, 2.05) is 6.92 Å². The van der Waals surface area contributed by atoms with Gasteiger partial charge in [-0.25, -0.2) is 5.26 Å². The molecule has 1 rings (SSSR count). The van der Waals surface area contributed by atoms with Crippen molar-refractivity contribution >= 4 is 15.8 Å². The van der Waals surface area contributed by atoms with Crippen LogP contribution in [0.4, 0.5) is 5.69 Å². The fraction of sp³-hybridized carbons (Fsp3) is 0.400. The van der Waals surface area contributed by atoms with Crippen LogP contribution in [0.1, 0.15) is 25.3 Å². The van der Waals surface area contributed by atoms with E-state index in [1.165, 1.54) is 12.1 Å². The second-order valence-electron chi connectivity index (χ2n) is 3.50. The Morgan fingerprint density at radius 3 is 2.69 bits per heavy atom. The molecule has 0 unspecified atom stereocenters. The van der Waals surface area contributed by atoms with Crippen LogP contribution < -0.4 is 5.73 Å². The Hall–Kier alpha value is -1.11. The van der Waals surface area contributed by atoms with Crippen LogP contribution in [-0.4, -0.2) is 13.7 Å². The van der Waals surface area contributed by atoms with Crippen LogP contribution in [0.15, 0.2) is 23.1 Å². The summed E-state index contributed by atoms with van der Waals surface area (Å²) >= 11 is 0. The van der Waals surface area contributed by atoms with Gasteiger partial charge in [-0.05, 0) is 36.6 Å². The molecule has 1 aromatic carbocycles. The number of hydrogen-bond donors (Lipinski definition) is 2. The van der Waals surface area contributed by atoms with Gasteiger partial charge in [0, 0.05) is 5.69 Å². The summed E-state index contributed by atoms with van der Waals surface area (Å²) in [7, 11) is -4.08. The Balaban J connectivity index is 3.17. The number of nitrogen functional groups attached to an aromatic ring is 1. The minimum Gasteiger partial charge on any atom is -0.399 e. The molecule has 0 spiro atoms. The lowest BCUT2D eigenvalue weighted by molar-refractivity contribution is -0.130. The Kier molecular flexibility index (Phi) is 4.28. The molecule has 1 aromatic rings. The van der Waals surface area contributed by atoms with E-state index in [9.17, 15) is 8.42 Å². The summed E-state index contributed by atoms with van der Waals surface area (Å²) < 4.78 is 26.3.